The van der Waals surface area contributed by atoms with Crippen molar-refractivity contribution in [2.45, 2.75) is 44.2 Å². The summed E-state index contributed by atoms with van der Waals surface area (Å²) < 4.78 is 0. The van der Waals surface area contributed by atoms with E-state index in [0.717, 1.165) is 24.9 Å². The fourth-order valence-electron chi connectivity index (χ4n) is 2.70. The van der Waals surface area contributed by atoms with Gasteiger partial charge in [-0.25, -0.2) is 4.98 Å². The number of aromatic nitrogens is 1. The molecule has 1 aromatic heterocycles. The van der Waals surface area contributed by atoms with E-state index in [1.54, 1.807) is 6.20 Å². The first-order chi connectivity index (χ1) is 9.47. The summed E-state index contributed by atoms with van der Waals surface area (Å²) in [5.74, 6) is 0.389. The number of amides is 1. The van der Waals surface area contributed by atoms with Crippen molar-refractivity contribution < 1.29 is 9.90 Å². The average Bonchev–Trinajstić information content (AvgIpc) is 2.74. The van der Waals surface area contributed by atoms with Crippen LogP contribution in [0.15, 0.2) is 18.3 Å². The largest absolute Gasteiger partial charge is 0.389 e. The number of nitrogens with zero attached hydrogens (tertiary/aromatic N) is 2. The van der Waals surface area contributed by atoms with Crippen molar-refractivity contribution in [3.8, 4) is 0 Å². The minimum absolute atomic E-state index is 0.159. The van der Waals surface area contributed by atoms with Gasteiger partial charge in [-0.2, -0.15) is 0 Å². The van der Waals surface area contributed by atoms with E-state index in [1.807, 2.05) is 26.2 Å². The molecule has 5 heteroatoms. The molecule has 0 saturated heterocycles. The lowest BCUT2D eigenvalue weighted by Crippen LogP contribution is -2.31. The number of nitrogens with one attached hydrogen (secondary N) is 1. The molecular weight excluding hydrogens is 254 g/mol. The molecule has 0 unspecified atom stereocenters. The van der Waals surface area contributed by atoms with Crippen LogP contribution >= 0.6 is 0 Å². The zero-order valence-corrected chi connectivity index (χ0v) is 12.2. The molecule has 2 rings (SSSR count). The van der Waals surface area contributed by atoms with E-state index in [4.69, 9.17) is 0 Å². The van der Waals surface area contributed by atoms with Crippen LogP contribution in [-0.4, -0.2) is 40.6 Å². The highest BCUT2D eigenvalue weighted by molar-refractivity contribution is 5.90. The van der Waals surface area contributed by atoms with Gasteiger partial charge in [0.25, 0.3) is 0 Å². The second kappa shape index (κ2) is 6.33. The lowest BCUT2D eigenvalue weighted by Gasteiger charge is -2.21. The third-order valence-corrected chi connectivity index (χ3v) is 3.61. The van der Waals surface area contributed by atoms with Crippen LogP contribution in [-0.2, 0) is 11.3 Å². The smallest absolute Gasteiger partial charge is 0.228 e. The van der Waals surface area contributed by atoms with E-state index < -0.39 is 5.60 Å². The van der Waals surface area contributed by atoms with E-state index in [9.17, 15) is 9.90 Å². The number of anilines is 1. The highest BCUT2D eigenvalue weighted by atomic mass is 16.3. The maximum absolute atomic E-state index is 12.0. The normalized spacial score (nSPS) is 17.4. The van der Waals surface area contributed by atoms with Gasteiger partial charge in [0.05, 0.1) is 12.0 Å². The average molecular weight is 277 g/mol. The number of aliphatic hydroxyl groups is 1. The topological polar surface area (TPSA) is 65.5 Å². The van der Waals surface area contributed by atoms with Crippen molar-refractivity contribution in [1.82, 2.24) is 9.88 Å². The van der Waals surface area contributed by atoms with Gasteiger partial charge in [-0.05, 0) is 44.6 Å². The van der Waals surface area contributed by atoms with Crippen LogP contribution in [0, 0.1) is 0 Å². The summed E-state index contributed by atoms with van der Waals surface area (Å²) in [5.41, 5.74) is 0.283. The Morgan fingerprint density at radius 2 is 2.15 bits per heavy atom. The van der Waals surface area contributed by atoms with Gasteiger partial charge in [-0.1, -0.05) is 12.8 Å². The Kier molecular flexibility index (Phi) is 4.73. The van der Waals surface area contributed by atoms with Gasteiger partial charge in [0, 0.05) is 12.7 Å². The van der Waals surface area contributed by atoms with E-state index in [0.29, 0.717) is 18.7 Å². The number of carbonyl (C=O) groups excluding carboxylic acids is 1. The first-order valence-corrected chi connectivity index (χ1v) is 7.09. The van der Waals surface area contributed by atoms with E-state index >= 15 is 0 Å². The van der Waals surface area contributed by atoms with Crippen LogP contribution in [0.1, 0.15) is 37.7 Å². The second-order valence-electron chi connectivity index (χ2n) is 5.94. The molecule has 1 fully saturated rings. The van der Waals surface area contributed by atoms with Crippen molar-refractivity contribution in [3.63, 3.8) is 0 Å². The molecule has 20 heavy (non-hydrogen) atoms. The SMILES string of the molecule is CN(C)Cc1ccnc(NC(=O)CC2(O)CCCC2)c1. The summed E-state index contributed by atoms with van der Waals surface area (Å²) in [4.78, 5) is 18.2. The maximum atomic E-state index is 12.0. The molecule has 2 N–H and O–H groups in total. The van der Waals surface area contributed by atoms with Crippen LogP contribution in [0.3, 0.4) is 0 Å². The number of hydrogen-bond acceptors (Lipinski definition) is 4. The first kappa shape index (κ1) is 14.9. The summed E-state index contributed by atoms with van der Waals surface area (Å²) >= 11 is 0. The van der Waals surface area contributed by atoms with Crippen molar-refractivity contribution >= 4 is 11.7 Å². The van der Waals surface area contributed by atoms with Crippen LogP contribution in [0.5, 0.6) is 0 Å². The summed E-state index contributed by atoms with van der Waals surface area (Å²) in [6.45, 7) is 0.801. The summed E-state index contributed by atoms with van der Waals surface area (Å²) in [6.07, 6.45) is 5.29. The number of rotatable bonds is 5. The standard InChI is InChI=1S/C15H23N3O2/c1-18(2)11-12-5-8-16-13(9-12)17-14(19)10-15(20)6-3-4-7-15/h5,8-9,20H,3-4,6-7,10-11H2,1-2H3,(H,16,17,19). The monoisotopic (exact) mass is 277 g/mol. The molecule has 0 atom stereocenters. The molecule has 0 radical (unpaired) electrons. The highest BCUT2D eigenvalue weighted by Gasteiger charge is 2.33. The number of pyridine rings is 1. The minimum atomic E-state index is -0.814. The van der Waals surface area contributed by atoms with Gasteiger partial charge >= 0.3 is 0 Å². The van der Waals surface area contributed by atoms with Gasteiger partial charge in [0.15, 0.2) is 0 Å². The Labute approximate surface area is 120 Å². The third-order valence-electron chi connectivity index (χ3n) is 3.61. The van der Waals surface area contributed by atoms with Gasteiger partial charge in [0.2, 0.25) is 5.91 Å². The number of hydrogen-bond donors (Lipinski definition) is 2. The van der Waals surface area contributed by atoms with Crippen LogP contribution in [0.4, 0.5) is 5.82 Å². The first-order valence-electron chi connectivity index (χ1n) is 7.09. The van der Waals surface area contributed by atoms with Crippen molar-refractivity contribution in [1.29, 1.82) is 0 Å². The quantitative estimate of drug-likeness (QED) is 0.861. The predicted molar refractivity (Wildman–Crippen MR) is 78.3 cm³/mol. The molecule has 1 amide bonds. The van der Waals surface area contributed by atoms with Gasteiger partial charge in [-0.3, -0.25) is 4.79 Å². The molecule has 0 bridgehead atoms. The van der Waals surface area contributed by atoms with Crippen LogP contribution in [0.2, 0.25) is 0 Å². The molecule has 0 aliphatic heterocycles. The molecule has 0 aromatic carbocycles. The van der Waals surface area contributed by atoms with Crippen LogP contribution < -0.4 is 5.32 Å². The summed E-state index contributed by atoms with van der Waals surface area (Å²) in [5, 5.41) is 13.0. The molecule has 1 saturated carbocycles. The third kappa shape index (κ3) is 4.28. The minimum Gasteiger partial charge on any atom is -0.389 e. The Balaban J connectivity index is 1.93. The predicted octanol–water partition coefficient (Wildman–Crippen LogP) is 1.78. The van der Waals surface area contributed by atoms with Crippen molar-refractivity contribution in [3.05, 3.63) is 23.9 Å². The molecular formula is C15H23N3O2. The molecule has 1 aromatic rings. The number of carbonyl (C=O) groups is 1. The zero-order valence-electron chi connectivity index (χ0n) is 12.2. The van der Waals surface area contributed by atoms with Gasteiger partial charge in [0.1, 0.15) is 5.82 Å². The summed E-state index contributed by atoms with van der Waals surface area (Å²) in [7, 11) is 3.99. The maximum Gasteiger partial charge on any atom is 0.228 e. The fraction of sp³-hybridized carbons (Fsp3) is 0.600. The Bertz CT molecular complexity index is 468. The van der Waals surface area contributed by atoms with Crippen molar-refractivity contribution in [2.24, 2.45) is 0 Å². The van der Waals surface area contributed by atoms with Crippen molar-refractivity contribution in [2.75, 3.05) is 19.4 Å². The highest BCUT2D eigenvalue weighted by Crippen LogP contribution is 2.32. The Morgan fingerprint density at radius 1 is 1.45 bits per heavy atom. The van der Waals surface area contributed by atoms with E-state index in [-0.39, 0.29) is 12.3 Å². The second-order valence-corrected chi connectivity index (χ2v) is 5.94. The molecule has 110 valence electrons. The lowest BCUT2D eigenvalue weighted by atomic mass is 9.98. The van der Waals surface area contributed by atoms with Gasteiger partial charge in [-0.15, -0.1) is 0 Å². The fourth-order valence-corrected chi connectivity index (χ4v) is 2.70. The van der Waals surface area contributed by atoms with Gasteiger partial charge < -0.3 is 15.3 Å². The molecule has 0 spiro atoms. The van der Waals surface area contributed by atoms with E-state index in [2.05, 4.69) is 15.2 Å². The Morgan fingerprint density at radius 3 is 2.80 bits per heavy atom. The summed E-state index contributed by atoms with van der Waals surface area (Å²) in [6, 6.07) is 3.80. The molecule has 1 heterocycles. The molecule has 5 nitrogen and oxygen atoms in total. The van der Waals surface area contributed by atoms with E-state index in [1.165, 1.54) is 0 Å². The zero-order chi connectivity index (χ0) is 14.6. The molecule has 1 aliphatic rings. The lowest BCUT2D eigenvalue weighted by molar-refractivity contribution is -0.120. The van der Waals surface area contributed by atoms with Crippen LogP contribution in [0.25, 0.3) is 0 Å². The molecule has 1 aliphatic carbocycles. The Hall–Kier alpha value is -1.46.